The van der Waals surface area contributed by atoms with Gasteiger partial charge in [-0.15, -0.1) is 0 Å². The van der Waals surface area contributed by atoms with Gasteiger partial charge < -0.3 is 14.6 Å². The van der Waals surface area contributed by atoms with Crippen molar-refractivity contribution in [2.24, 2.45) is 0 Å². The quantitative estimate of drug-likeness (QED) is 0.771. The maximum absolute atomic E-state index is 8.92. The third kappa shape index (κ3) is 1.68. The molecule has 0 radical (unpaired) electrons. The Labute approximate surface area is 83.3 Å². The van der Waals surface area contributed by atoms with Crippen LogP contribution in [0.25, 0.3) is 0 Å². The Bertz CT molecular complexity index is 334. The SMILES string of the molecule is Cc1cc(CCO)c2c(c1)OCCO2. The number of fused-ring (bicyclic) bond motifs is 1. The summed E-state index contributed by atoms with van der Waals surface area (Å²) in [6.45, 7) is 3.35. The Kier molecular flexibility index (Phi) is 2.59. The lowest BCUT2D eigenvalue weighted by Crippen LogP contribution is -2.17. The van der Waals surface area contributed by atoms with Crippen molar-refractivity contribution >= 4 is 0 Å². The molecule has 0 amide bonds. The average Bonchev–Trinajstić information content (AvgIpc) is 2.18. The van der Waals surface area contributed by atoms with Crippen LogP contribution in [0.2, 0.25) is 0 Å². The van der Waals surface area contributed by atoms with Gasteiger partial charge in [-0.25, -0.2) is 0 Å². The molecule has 0 aliphatic carbocycles. The van der Waals surface area contributed by atoms with E-state index in [1.807, 2.05) is 19.1 Å². The molecule has 1 heterocycles. The first kappa shape index (κ1) is 9.34. The van der Waals surface area contributed by atoms with Gasteiger partial charge in [0, 0.05) is 12.2 Å². The smallest absolute Gasteiger partial charge is 0.164 e. The van der Waals surface area contributed by atoms with Crippen LogP contribution in [0.4, 0.5) is 0 Å². The molecule has 0 fully saturated rings. The molecule has 3 nitrogen and oxygen atoms in total. The van der Waals surface area contributed by atoms with Crippen molar-refractivity contribution < 1.29 is 14.6 Å². The molecule has 0 spiro atoms. The summed E-state index contributed by atoms with van der Waals surface area (Å²) in [6.07, 6.45) is 0.618. The van der Waals surface area contributed by atoms with Crippen LogP contribution < -0.4 is 9.47 Å². The summed E-state index contributed by atoms with van der Waals surface area (Å²) in [4.78, 5) is 0. The fraction of sp³-hybridized carbons (Fsp3) is 0.455. The predicted octanol–water partition coefficient (Wildman–Crippen LogP) is 1.30. The summed E-state index contributed by atoms with van der Waals surface area (Å²) in [5.41, 5.74) is 2.17. The average molecular weight is 194 g/mol. The lowest BCUT2D eigenvalue weighted by atomic mass is 10.1. The number of aliphatic hydroxyl groups excluding tert-OH is 1. The molecule has 1 aliphatic rings. The van der Waals surface area contributed by atoms with Crippen molar-refractivity contribution in [1.82, 2.24) is 0 Å². The molecule has 0 saturated carbocycles. The van der Waals surface area contributed by atoms with E-state index in [4.69, 9.17) is 14.6 Å². The van der Waals surface area contributed by atoms with E-state index >= 15 is 0 Å². The summed E-state index contributed by atoms with van der Waals surface area (Å²) in [5.74, 6) is 1.61. The van der Waals surface area contributed by atoms with E-state index in [1.165, 1.54) is 0 Å². The van der Waals surface area contributed by atoms with Crippen LogP contribution in [0.1, 0.15) is 11.1 Å². The first-order valence-electron chi connectivity index (χ1n) is 4.81. The third-order valence-electron chi connectivity index (χ3n) is 2.24. The number of ether oxygens (including phenoxy) is 2. The summed E-state index contributed by atoms with van der Waals surface area (Å²) in [5, 5.41) is 8.92. The van der Waals surface area contributed by atoms with Crippen molar-refractivity contribution in [2.45, 2.75) is 13.3 Å². The highest BCUT2D eigenvalue weighted by Gasteiger charge is 2.15. The van der Waals surface area contributed by atoms with E-state index in [0.29, 0.717) is 19.6 Å². The number of aliphatic hydroxyl groups is 1. The van der Waals surface area contributed by atoms with Crippen molar-refractivity contribution in [3.63, 3.8) is 0 Å². The number of rotatable bonds is 2. The van der Waals surface area contributed by atoms with Gasteiger partial charge in [-0.05, 0) is 25.0 Å². The number of hydrogen-bond acceptors (Lipinski definition) is 3. The van der Waals surface area contributed by atoms with Crippen LogP contribution in [-0.4, -0.2) is 24.9 Å². The Morgan fingerprint density at radius 2 is 2.07 bits per heavy atom. The van der Waals surface area contributed by atoms with Gasteiger partial charge in [0.1, 0.15) is 13.2 Å². The normalized spacial score (nSPS) is 14.1. The van der Waals surface area contributed by atoms with Crippen molar-refractivity contribution in [2.75, 3.05) is 19.8 Å². The minimum absolute atomic E-state index is 0.138. The maximum atomic E-state index is 8.92. The third-order valence-corrected chi connectivity index (χ3v) is 2.24. The van der Waals surface area contributed by atoms with Crippen molar-refractivity contribution in [3.05, 3.63) is 23.3 Å². The molecular formula is C11H14O3. The van der Waals surface area contributed by atoms with E-state index < -0.39 is 0 Å². The highest BCUT2D eigenvalue weighted by Crippen LogP contribution is 2.35. The van der Waals surface area contributed by atoms with E-state index in [1.54, 1.807) is 0 Å². The minimum atomic E-state index is 0.138. The van der Waals surface area contributed by atoms with E-state index in [0.717, 1.165) is 22.6 Å². The van der Waals surface area contributed by atoms with Crippen LogP contribution in [0.15, 0.2) is 12.1 Å². The molecule has 3 heteroatoms. The zero-order valence-corrected chi connectivity index (χ0v) is 8.25. The van der Waals surface area contributed by atoms with Crippen LogP contribution >= 0.6 is 0 Å². The second-order valence-electron chi connectivity index (χ2n) is 3.42. The topological polar surface area (TPSA) is 38.7 Å². The number of aryl methyl sites for hydroxylation is 1. The zero-order chi connectivity index (χ0) is 9.97. The van der Waals surface area contributed by atoms with Crippen LogP contribution in [0.5, 0.6) is 11.5 Å². The van der Waals surface area contributed by atoms with Gasteiger partial charge in [0.05, 0.1) is 0 Å². The molecule has 1 N–H and O–H groups in total. The Balaban J connectivity index is 2.41. The van der Waals surface area contributed by atoms with Crippen molar-refractivity contribution in [1.29, 1.82) is 0 Å². The van der Waals surface area contributed by atoms with E-state index in [9.17, 15) is 0 Å². The lowest BCUT2D eigenvalue weighted by molar-refractivity contribution is 0.169. The summed E-state index contributed by atoms with van der Waals surface area (Å²) in [6, 6.07) is 4.00. The van der Waals surface area contributed by atoms with Gasteiger partial charge in [0.15, 0.2) is 11.5 Å². The predicted molar refractivity (Wildman–Crippen MR) is 53.0 cm³/mol. The van der Waals surface area contributed by atoms with Gasteiger partial charge >= 0.3 is 0 Å². The highest BCUT2D eigenvalue weighted by atomic mass is 16.6. The number of benzene rings is 1. The Morgan fingerprint density at radius 3 is 2.86 bits per heavy atom. The van der Waals surface area contributed by atoms with Gasteiger partial charge in [0.25, 0.3) is 0 Å². The highest BCUT2D eigenvalue weighted by molar-refractivity contribution is 5.50. The molecule has 2 rings (SSSR count). The Hall–Kier alpha value is -1.22. The molecule has 0 bridgehead atoms. The fourth-order valence-corrected chi connectivity index (χ4v) is 1.69. The van der Waals surface area contributed by atoms with E-state index in [2.05, 4.69) is 0 Å². The first-order chi connectivity index (χ1) is 6.81. The summed E-state index contributed by atoms with van der Waals surface area (Å²) < 4.78 is 11.0. The molecule has 0 saturated heterocycles. The van der Waals surface area contributed by atoms with Gasteiger partial charge in [-0.2, -0.15) is 0 Å². The van der Waals surface area contributed by atoms with Crippen LogP contribution in [0.3, 0.4) is 0 Å². The second kappa shape index (κ2) is 3.88. The van der Waals surface area contributed by atoms with Gasteiger partial charge in [-0.3, -0.25) is 0 Å². The second-order valence-corrected chi connectivity index (χ2v) is 3.42. The molecule has 14 heavy (non-hydrogen) atoms. The molecule has 76 valence electrons. The van der Waals surface area contributed by atoms with Gasteiger partial charge in [-0.1, -0.05) is 6.07 Å². The first-order valence-corrected chi connectivity index (χ1v) is 4.81. The maximum Gasteiger partial charge on any atom is 0.164 e. The molecule has 1 aromatic rings. The summed E-state index contributed by atoms with van der Waals surface area (Å²) >= 11 is 0. The molecular weight excluding hydrogens is 180 g/mol. The summed E-state index contributed by atoms with van der Waals surface area (Å²) in [7, 11) is 0. The molecule has 0 aromatic heterocycles. The molecule has 1 aromatic carbocycles. The van der Waals surface area contributed by atoms with Crippen LogP contribution in [-0.2, 0) is 6.42 Å². The number of hydrogen-bond donors (Lipinski definition) is 1. The standard InChI is InChI=1S/C11H14O3/c1-8-6-9(2-3-12)11-10(7-8)13-4-5-14-11/h6-7,12H,2-5H2,1H3. The minimum Gasteiger partial charge on any atom is -0.486 e. The van der Waals surface area contributed by atoms with Gasteiger partial charge in [0.2, 0.25) is 0 Å². The molecule has 0 unspecified atom stereocenters. The fourth-order valence-electron chi connectivity index (χ4n) is 1.69. The van der Waals surface area contributed by atoms with Crippen LogP contribution in [0, 0.1) is 6.92 Å². The Morgan fingerprint density at radius 1 is 1.29 bits per heavy atom. The van der Waals surface area contributed by atoms with Crippen molar-refractivity contribution in [3.8, 4) is 11.5 Å². The van der Waals surface area contributed by atoms with E-state index in [-0.39, 0.29) is 6.61 Å². The largest absolute Gasteiger partial charge is 0.486 e. The monoisotopic (exact) mass is 194 g/mol. The zero-order valence-electron chi connectivity index (χ0n) is 8.25. The molecule has 0 atom stereocenters. The lowest BCUT2D eigenvalue weighted by Gasteiger charge is -2.21. The molecule has 1 aliphatic heterocycles.